The van der Waals surface area contributed by atoms with Gasteiger partial charge in [0, 0.05) is 13.0 Å². The summed E-state index contributed by atoms with van der Waals surface area (Å²) in [5.41, 5.74) is 0.905. The van der Waals surface area contributed by atoms with Gasteiger partial charge in [0.25, 0.3) is 0 Å². The van der Waals surface area contributed by atoms with Crippen molar-refractivity contribution in [1.82, 2.24) is 4.90 Å². The van der Waals surface area contributed by atoms with E-state index < -0.39 is 15.5 Å². The van der Waals surface area contributed by atoms with Gasteiger partial charge in [0.1, 0.15) is 5.25 Å². The van der Waals surface area contributed by atoms with Crippen LogP contribution in [-0.4, -0.2) is 31.0 Å². The highest BCUT2D eigenvalue weighted by Crippen LogP contribution is 2.28. The standard InChI is InChI=1S/C12H14FNO3S/c1-9(10-5-3-2-4-6-10)14-8-11(7-12(14)15)18(13,16)17/h2-6,9,11H,7-8H2,1H3/t9-,11?/m0/s1. The smallest absolute Gasteiger partial charge is 0.307 e. The summed E-state index contributed by atoms with van der Waals surface area (Å²) >= 11 is 0. The molecule has 6 heteroatoms. The minimum Gasteiger partial charge on any atom is -0.334 e. The summed E-state index contributed by atoms with van der Waals surface area (Å²) in [7, 11) is -4.65. The summed E-state index contributed by atoms with van der Waals surface area (Å²) in [5.74, 6) is -0.322. The predicted molar refractivity (Wildman–Crippen MR) is 65.0 cm³/mol. The largest absolute Gasteiger partial charge is 0.334 e. The Morgan fingerprint density at radius 2 is 1.94 bits per heavy atom. The highest BCUT2D eigenvalue weighted by molar-refractivity contribution is 7.87. The Balaban J connectivity index is 2.18. The topological polar surface area (TPSA) is 54.5 Å². The molecule has 2 rings (SSSR count). The molecule has 0 aromatic heterocycles. The summed E-state index contributed by atoms with van der Waals surface area (Å²) in [5, 5.41) is -1.23. The number of amides is 1. The fraction of sp³-hybridized carbons (Fsp3) is 0.417. The van der Waals surface area contributed by atoms with Gasteiger partial charge in [-0.25, -0.2) is 0 Å². The molecule has 1 aromatic rings. The zero-order valence-electron chi connectivity index (χ0n) is 9.91. The highest BCUT2D eigenvalue weighted by atomic mass is 32.3. The molecule has 1 aliphatic rings. The lowest BCUT2D eigenvalue weighted by molar-refractivity contribution is -0.129. The number of likely N-dealkylation sites (tertiary alicyclic amines) is 1. The third-order valence-electron chi connectivity index (χ3n) is 3.27. The van der Waals surface area contributed by atoms with E-state index in [-0.39, 0.29) is 24.9 Å². The summed E-state index contributed by atoms with van der Waals surface area (Å²) in [4.78, 5) is 13.2. The average molecular weight is 271 g/mol. The molecule has 1 amide bonds. The van der Waals surface area contributed by atoms with Crippen LogP contribution in [-0.2, 0) is 15.0 Å². The van der Waals surface area contributed by atoms with Crippen molar-refractivity contribution >= 4 is 16.1 Å². The van der Waals surface area contributed by atoms with Crippen molar-refractivity contribution in [2.45, 2.75) is 24.6 Å². The van der Waals surface area contributed by atoms with Gasteiger partial charge in [0.05, 0.1) is 6.04 Å². The number of nitrogens with zero attached hydrogens (tertiary/aromatic N) is 1. The molecule has 1 saturated heterocycles. The zero-order valence-corrected chi connectivity index (χ0v) is 10.7. The van der Waals surface area contributed by atoms with Crippen LogP contribution in [0.15, 0.2) is 30.3 Å². The maximum Gasteiger partial charge on any atom is 0.307 e. The maximum atomic E-state index is 12.9. The first kappa shape index (κ1) is 13.0. The minimum atomic E-state index is -4.65. The Bertz CT molecular complexity index is 544. The van der Waals surface area contributed by atoms with Crippen molar-refractivity contribution in [3.05, 3.63) is 35.9 Å². The van der Waals surface area contributed by atoms with Crippen molar-refractivity contribution in [3.8, 4) is 0 Å². The molecule has 0 N–H and O–H groups in total. The summed E-state index contributed by atoms with van der Waals surface area (Å²) in [6.07, 6.45) is -0.268. The van der Waals surface area contributed by atoms with Crippen LogP contribution in [0.3, 0.4) is 0 Å². The molecule has 0 bridgehead atoms. The second kappa shape index (κ2) is 4.68. The first-order valence-electron chi connectivity index (χ1n) is 5.67. The van der Waals surface area contributed by atoms with Crippen LogP contribution in [0.5, 0.6) is 0 Å². The predicted octanol–water partition coefficient (Wildman–Crippen LogP) is 1.65. The molecule has 4 nitrogen and oxygen atoms in total. The number of carbonyl (C=O) groups excluding carboxylic acids is 1. The zero-order chi connectivity index (χ0) is 13.3. The van der Waals surface area contributed by atoms with Crippen molar-refractivity contribution < 1.29 is 17.1 Å². The minimum absolute atomic E-state index is 0.0757. The lowest BCUT2D eigenvalue weighted by atomic mass is 10.1. The molecule has 18 heavy (non-hydrogen) atoms. The highest BCUT2D eigenvalue weighted by Gasteiger charge is 2.40. The third-order valence-corrected chi connectivity index (χ3v) is 4.38. The molecule has 1 heterocycles. The van der Waals surface area contributed by atoms with Crippen LogP contribution in [0.1, 0.15) is 24.9 Å². The molecule has 1 aromatic carbocycles. The van der Waals surface area contributed by atoms with Crippen LogP contribution < -0.4 is 0 Å². The molecular formula is C12H14FNO3S. The number of hydrogen-bond acceptors (Lipinski definition) is 3. The van der Waals surface area contributed by atoms with E-state index in [1.807, 2.05) is 30.3 Å². The van der Waals surface area contributed by atoms with Gasteiger partial charge in [-0.1, -0.05) is 30.3 Å². The second-order valence-corrected chi connectivity index (χ2v) is 6.05. The van der Waals surface area contributed by atoms with E-state index in [0.29, 0.717) is 0 Å². The van der Waals surface area contributed by atoms with E-state index in [1.54, 1.807) is 6.92 Å². The summed E-state index contributed by atoms with van der Waals surface area (Å²) < 4.78 is 34.6. The number of rotatable bonds is 3. The lowest BCUT2D eigenvalue weighted by Gasteiger charge is -2.24. The van der Waals surface area contributed by atoms with Crippen LogP contribution >= 0.6 is 0 Å². The van der Waals surface area contributed by atoms with E-state index in [0.717, 1.165) is 5.56 Å². The maximum absolute atomic E-state index is 12.9. The van der Waals surface area contributed by atoms with E-state index in [4.69, 9.17) is 0 Å². The number of halogens is 1. The van der Waals surface area contributed by atoms with Crippen molar-refractivity contribution in [3.63, 3.8) is 0 Å². The Labute approximate surface area is 106 Å². The number of benzene rings is 1. The van der Waals surface area contributed by atoms with Gasteiger partial charge in [-0.2, -0.15) is 8.42 Å². The van der Waals surface area contributed by atoms with E-state index in [1.165, 1.54) is 4.90 Å². The van der Waals surface area contributed by atoms with Gasteiger partial charge >= 0.3 is 10.2 Å². The Morgan fingerprint density at radius 3 is 2.44 bits per heavy atom. The fourth-order valence-corrected chi connectivity index (χ4v) is 2.85. The van der Waals surface area contributed by atoms with Crippen LogP contribution in [0.2, 0.25) is 0 Å². The fourth-order valence-electron chi connectivity index (χ4n) is 2.17. The molecule has 2 atom stereocenters. The van der Waals surface area contributed by atoms with Crippen molar-refractivity contribution in [2.24, 2.45) is 0 Å². The molecule has 1 aliphatic heterocycles. The normalized spacial score (nSPS) is 22.2. The van der Waals surface area contributed by atoms with Gasteiger partial charge in [0.2, 0.25) is 5.91 Å². The van der Waals surface area contributed by atoms with Gasteiger partial charge in [-0.3, -0.25) is 4.79 Å². The Hall–Kier alpha value is -1.43. The summed E-state index contributed by atoms with van der Waals surface area (Å²) in [6, 6.07) is 9.01. The van der Waals surface area contributed by atoms with Crippen LogP contribution in [0.25, 0.3) is 0 Å². The Morgan fingerprint density at radius 1 is 1.33 bits per heavy atom. The molecule has 0 spiro atoms. The number of hydrogen-bond donors (Lipinski definition) is 0. The van der Waals surface area contributed by atoms with Crippen LogP contribution in [0.4, 0.5) is 3.89 Å². The third kappa shape index (κ3) is 2.53. The molecule has 0 saturated carbocycles. The molecule has 1 fully saturated rings. The first-order valence-corrected chi connectivity index (χ1v) is 7.12. The molecular weight excluding hydrogens is 257 g/mol. The molecule has 1 unspecified atom stereocenters. The van der Waals surface area contributed by atoms with Gasteiger partial charge in [-0.15, -0.1) is 3.89 Å². The van der Waals surface area contributed by atoms with E-state index in [2.05, 4.69) is 0 Å². The Kier molecular flexibility index (Phi) is 3.38. The average Bonchev–Trinajstić information content (AvgIpc) is 2.71. The molecule has 0 radical (unpaired) electrons. The van der Waals surface area contributed by atoms with Gasteiger partial charge < -0.3 is 4.90 Å². The van der Waals surface area contributed by atoms with E-state index in [9.17, 15) is 17.1 Å². The van der Waals surface area contributed by atoms with Crippen LogP contribution in [0, 0.1) is 0 Å². The first-order chi connectivity index (χ1) is 8.39. The molecule has 0 aliphatic carbocycles. The SMILES string of the molecule is C[C@@H](c1ccccc1)N1CC(S(=O)(=O)F)CC1=O. The number of carbonyl (C=O) groups is 1. The van der Waals surface area contributed by atoms with Crippen molar-refractivity contribution in [1.29, 1.82) is 0 Å². The molecule has 98 valence electrons. The van der Waals surface area contributed by atoms with Crippen molar-refractivity contribution in [2.75, 3.05) is 6.54 Å². The summed E-state index contributed by atoms with van der Waals surface area (Å²) in [6.45, 7) is 1.73. The van der Waals surface area contributed by atoms with Gasteiger partial charge in [0.15, 0.2) is 0 Å². The van der Waals surface area contributed by atoms with Gasteiger partial charge in [-0.05, 0) is 12.5 Å². The quantitative estimate of drug-likeness (QED) is 0.785. The lowest BCUT2D eigenvalue weighted by Crippen LogP contribution is -2.30. The van der Waals surface area contributed by atoms with E-state index >= 15 is 0 Å². The monoisotopic (exact) mass is 271 g/mol. The second-order valence-electron chi connectivity index (χ2n) is 4.43.